The Kier molecular flexibility index (Phi) is 3.57. The van der Waals surface area contributed by atoms with Crippen LogP contribution in [0.4, 0.5) is 0 Å². The first-order valence-corrected chi connectivity index (χ1v) is 5.52. The van der Waals surface area contributed by atoms with E-state index in [1.165, 1.54) is 19.3 Å². The summed E-state index contributed by atoms with van der Waals surface area (Å²) < 4.78 is 9.92. The Balaban J connectivity index is 2.02. The van der Waals surface area contributed by atoms with Crippen molar-refractivity contribution in [3.05, 3.63) is 60.1 Å². The number of Topliss-reactive ketones (excluding diaryl/α,β-unsaturated/α-hetero) is 1. The second kappa shape index (κ2) is 5.31. The van der Waals surface area contributed by atoms with Crippen LogP contribution >= 0.6 is 0 Å². The highest BCUT2D eigenvalue weighted by Crippen LogP contribution is 2.09. The van der Waals surface area contributed by atoms with Gasteiger partial charge in [0.25, 0.3) is 0 Å². The molecule has 0 fully saturated rings. The molecule has 1 aromatic carbocycles. The first-order chi connectivity index (χ1) is 8.68. The number of hydrogen-bond donors (Lipinski definition) is 0. The number of carbonyl (C=O) groups excluding carboxylic acids is 2. The maximum atomic E-state index is 11.9. The molecule has 4 heteroatoms. The minimum Gasteiger partial charge on any atom is -0.457 e. The van der Waals surface area contributed by atoms with Crippen LogP contribution in [0, 0.1) is 0 Å². The smallest absolute Gasteiger partial charge is 0.374 e. The van der Waals surface area contributed by atoms with E-state index in [0.717, 1.165) is 0 Å². The lowest BCUT2D eigenvalue weighted by molar-refractivity contribution is 0.0289. The predicted molar refractivity (Wildman–Crippen MR) is 64.4 cm³/mol. The number of rotatable bonds is 4. The zero-order valence-corrected chi connectivity index (χ0v) is 9.83. The van der Waals surface area contributed by atoms with Crippen LogP contribution in [-0.4, -0.2) is 17.9 Å². The first kappa shape index (κ1) is 12.1. The van der Waals surface area contributed by atoms with E-state index in [1.807, 2.05) is 6.07 Å². The van der Waals surface area contributed by atoms with Gasteiger partial charge in [-0.15, -0.1) is 0 Å². The fourth-order valence-corrected chi connectivity index (χ4v) is 1.50. The molecule has 0 aliphatic carbocycles. The molecule has 0 radical (unpaired) electrons. The second-order valence-corrected chi connectivity index (χ2v) is 3.76. The Labute approximate surface area is 104 Å². The van der Waals surface area contributed by atoms with Crippen molar-refractivity contribution in [2.45, 2.75) is 13.0 Å². The van der Waals surface area contributed by atoms with E-state index in [1.54, 1.807) is 30.3 Å². The van der Waals surface area contributed by atoms with E-state index in [-0.39, 0.29) is 11.5 Å². The maximum absolute atomic E-state index is 11.9. The minimum atomic E-state index is -0.843. The van der Waals surface area contributed by atoms with Crippen molar-refractivity contribution in [2.75, 3.05) is 0 Å². The van der Waals surface area contributed by atoms with Crippen LogP contribution in [0.25, 0.3) is 0 Å². The molecule has 92 valence electrons. The predicted octanol–water partition coefficient (Wildman–Crippen LogP) is 2.71. The highest BCUT2D eigenvalue weighted by Gasteiger charge is 2.21. The molecule has 18 heavy (non-hydrogen) atoms. The van der Waals surface area contributed by atoms with E-state index in [9.17, 15) is 9.59 Å². The Hall–Kier alpha value is -2.36. The van der Waals surface area contributed by atoms with Crippen LogP contribution < -0.4 is 0 Å². The van der Waals surface area contributed by atoms with Gasteiger partial charge < -0.3 is 9.15 Å². The van der Waals surface area contributed by atoms with Gasteiger partial charge in [-0.25, -0.2) is 4.79 Å². The fraction of sp³-hybridized carbons (Fsp3) is 0.143. The lowest BCUT2D eigenvalue weighted by Gasteiger charge is -2.10. The Morgan fingerprint density at radius 1 is 1.11 bits per heavy atom. The van der Waals surface area contributed by atoms with E-state index in [4.69, 9.17) is 9.15 Å². The van der Waals surface area contributed by atoms with Crippen molar-refractivity contribution >= 4 is 11.8 Å². The number of furan rings is 1. The lowest BCUT2D eigenvalue weighted by Crippen LogP contribution is -2.24. The molecule has 1 heterocycles. The van der Waals surface area contributed by atoms with Crippen molar-refractivity contribution in [2.24, 2.45) is 0 Å². The molecule has 0 aliphatic heterocycles. The van der Waals surface area contributed by atoms with E-state index in [0.29, 0.717) is 5.56 Å². The average molecular weight is 244 g/mol. The highest BCUT2D eigenvalue weighted by molar-refractivity contribution is 6.00. The normalized spacial score (nSPS) is 11.8. The van der Waals surface area contributed by atoms with Crippen LogP contribution in [0.1, 0.15) is 27.8 Å². The summed E-state index contributed by atoms with van der Waals surface area (Å²) in [6.45, 7) is 1.54. The zero-order valence-electron chi connectivity index (χ0n) is 9.83. The Morgan fingerprint density at radius 2 is 1.83 bits per heavy atom. The number of ketones is 1. The van der Waals surface area contributed by atoms with Crippen LogP contribution in [0.3, 0.4) is 0 Å². The van der Waals surface area contributed by atoms with E-state index >= 15 is 0 Å². The Bertz CT molecular complexity index is 528. The summed E-state index contributed by atoms with van der Waals surface area (Å²) in [6, 6.07) is 11.8. The molecule has 4 nitrogen and oxygen atoms in total. The van der Waals surface area contributed by atoms with E-state index in [2.05, 4.69) is 0 Å². The molecular formula is C14H12O4. The summed E-state index contributed by atoms with van der Waals surface area (Å²) in [7, 11) is 0. The summed E-state index contributed by atoms with van der Waals surface area (Å²) in [5.41, 5.74) is 0.511. The zero-order chi connectivity index (χ0) is 13.0. The molecule has 0 unspecified atom stereocenters. The van der Waals surface area contributed by atoms with Crippen LogP contribution in [0.2, 0.25) is 0 Å². The van der Waals surface area contributed by atoms with Crippen molar-refractivity contribution in [3.8, 4) is 0 Å². The second-order valence-electron chi connectivity index (χ2n) is 3.76. The van der Waals surface area contributed by atoms with Gasteiger partial charge in [0.2, 0.25) is 11.5 Å². The molecule has 0 saturated carbocycles. The van der Waals surface area contributed by atoms with E-state index < -0.39 is 12.1 Å². The van der Waals surface area contributed by atoms with Crippen LogP contribution in [0.15, 0.2) is 53.1 Å². The van der Waals surface area contributed by atoms with Crippen LogP contribution in [0.5, 0.6) is 0 Å². The van der Waals surface area contributed by atoms with Gasteiger partial charge >= 0.3 is 5.97 Å². The molecule has 0 bridgehead atoms. The number of carbonyl (C=O) groups is 2. The number of benzene rings is 1. The first-order valence-electron chi connectivity index (χ1n) is 5.52. The van der Waals surface area contributed by atoms with Gasteiger partial charge in [0.15, 0.2) is 6.10 Å². The molecule has 0 N–H and O–H groups in total. The van der Waals surface area contributed by atoms with Gasteiger partial charge in [0.05, 0.1) is 6.26 Å². The third-order valence-electron chi connectivity index (χ3n) is 2.43. The number of hydrogen-bond acceptors (Lipinski definition) is 4. The summed E-state index contributed by atoms with van der Waals surface area (Å²) in [4.78, 5) is 23.5. The minimum absolute atomic E-state index is 0.0858. The number of ether oxygens (including phenoxy) is 1. The number of esters is 1. The van der Waals surface area contributed by atoms with Gasteiger partial charge in [-0.2, -0.15) is 0 Å². The standard InChI is InChI=1S/C14H12O4/c1-10(13(15)11-6-3-2-4-7-11)18-14(16)12-8-5-9-17-12/h2-10H,1H3/t10-/m1/s1. The van der Waals surface area contributed by atoms with Gasteiger partial charge in [0, 0.05) is 5.56 Å². The largest absolute Gasteiger partial charge is 0.457 e. The van der Waals surface area contributed by atoms with Gasteiger partial charge in [-0.1, -0.05) is 30.3 Å². The lowest BCUT2D eigenvalue weighted by atomic mass is 10.1. The topological polar surface area (TPSA) is 56.5 Å². The fourth-order valence-electron chi connectivity index (χ4n) is 1.50. The van der Waals surface area contributed by atoms with Gasteiger partial charge in [0.1, 0.15) is 0 Å². The SMILES string of the molecule is C[C@@H](OC(=O)c1ccco1)C(=O)c1ccccc1. The van der Waals surface area contributed by atoms with Gasteiger partial charge in [-0.3, -0.25) is 4.79 Å². The molecule has 2 aromatic rings. The molecule has 2 rings (SSSR count). The summed E-state index contributed by atoms with van der Waals surface area (Å²) >= 11 is 0. The third kappa shape index (κ3) is 2.66. The maximum Gasteiger partial charge on any atom is 0.374 e. The monoisotopic (exact) mass is 244 g/mol. The van der Waals surface area contributed by atoms with Gasteiger partial charge in [-0.05, 0) is 19.1 Å². The molecular weight excluding hydrogens is 232 g/mol. The summed E-state index contributed by atoms with van der Waals surface area (Å²) in [5, 5.41) is 0. The molecule has 0 saturated heterocycles. The van der Waals surface area contributed by atoms with Crippen molar-refractivity contribution in [1.82, 2.24) is 0 Å². The molecule has 1 aromatic heterocycles. The molecule has 0 aliphatic rings. The Morgan fingerprint density at radius 3 is 2.44 bits per heavy atom. The highest BCUT2D eigenvalue weighted by atomic mass is 16.6. The molecule has 0 amide bonds. The molecule has 0 spiro atoms. The third-order valence-corrected chi connectivity index (χ3v) is 2.43. The molecule has 1 atom stereocenters. The quantitative estimate of drug-likeness (QED) is 0.613. The summed E-state index contributed by atoms with van der Waals surface area (Å²) in [6.07, 6.45) is 0.533. The van der Waals surface area contributed by atoms with Crippen molar-refractivity contribution in [1.29, 1.82) is 0 Å². The van der Waals surface area contributed by atoms with Crippen molar-refractivity contribution in [3.63, 3.8) is 0 Å². The average Bonchev–Trinajstić information content (AvgIpc) is 2.92. The van der Waals surface area contributed by atoms with Crippen LogP contribution in [-0.2, 0) is 4.74 Å². The summed E-state index contributed by atoms with van der Waals surface area (Å²) in [5.74, 6) is -0.796. The van der Waals surface area contributed by atoms with Crippen molar-refractivity contribution < 1.29 is 18.7 Å².